The second kappa shape index (κ2) is 10.2. The van der Waals surface area contributed by atoms with Gasteiger partial charge in [-0.1, -0.05) is 36.4 Å². The van der Waals surface area contributed by atoms with E-state index in [1.807, 2.05) is 83.3 Å². The summed E-state index contributed by atoms with van der Waals surface area (Å²) >= 11 is 0. The molecule has 0 unspecified atom stereocenters. The number of ether oxygens (including phenoxy) is 1. The average Bonchev–Trinajstić information content (AvgIpc) is 2.83. The van der Waals surface area contributed by atoms with Crippen LogP contribution in [0.15, 0.2) is 53.3 Å². The number of carbonyl (C=O) groups is 2. The SMILES string of the molecule is Cc1cccc2c(=O)[nH]c(-c3ccc(CN(C)C(=O)C4CCN(C(=O)OC(C)(C)C)CC4)cc3)cc12. The fourth-order valence-corrected chi connectivity index (χ4v) is 4.68. The highest BCUT2D eigenvalue weighted by Crippen LogP contribution is 2.24. The molecule has 0 spiro atoms. The zero-order valence-electron chi connectivity index (χ0n) is 21.8. The zero-order chi connectivity index (χ0) is 26.0. The molecule has 36 heavy (non-hydrogen) atoms. The van der Waals surface area contributed by atoms with Crippen LogP contribution < -0.4 is 5.56 Å². The number of aryl methyl sites for hydroxylation is 1. The van der Waals surface area contributed by atoms with Gasteiger partial charge in [0, 0.05) is 43.7 Å². The number of rotatable bonds is 4. The third kappa shape index (κ3) is 5.78. The normalized spacial score (nSPS) is 14.6. The highest BCUT2D eigenvalue weighted by atomic mass is 16.6. The Morgan fingerprint density at radius 1 is 1.06 bits per heavy atom. The minimum atomic E-state index is -0.526. The molecule has 0 radical (unpaired) electrons. The van der Waals surface area contributed by atoms with E-state index < -0.39 is 5.60 Å². The van der Waals surface area contributed by atoms with Gasteiger partial charge in [0.2, 0.25) is 5.91 Å². The first-order valence-corrected chi connectivity index (χ1v) is 12.5. The third-order valence-electron chi connectivity index (χ3n) is 6.66. The van der Waals surface area contributed by atoms with E-state index in [4.69, 9.17) is 4.74 Å². The van der Waals surface area contributed by atoms with Crippen LogP contribution in [-0.2, 0) is 16.1 Å². The number of aromatic amines is 1. The number of likely N-dealkylation sites (tertiary alicyclic amines) is 1. The maximum absolute atomic E-state index is 13.0. The van der Waals surface area contributed by atoms with Crippen LogP contribution in [0, 0.1) is 12.8 Å². The predicted octanol–water partition coefficient (Wildman–Crippen LogP) is 5.11. The van der Waals surface area contributed by atoms with Crippen LogP contribution in [0.25, 0.3) is 22.0 Å². The fraction of sp³-hybridized carbons (Fsp3) is 0.414. The van der Waals surface area contributed by atoms with Crippen LogP contribution in [0.5, 0.6) is 0 Å². The molecule has 1 fully saturated rings. The number of hydrogen-bond donors (Lipinski definition) is 1. The highest BCUT2D eigenvalue weighted by molar-refractivity contribution is 5.87. The van der Waals surface area contributed by atoms with E-state index in [1.54, 1.807) is 9.80 Å². The summed E-state index contributed by atoms with van der Waals surface area (Å²) < 4.78 is 5.45. The Morgan fingerprint density at radius 2 is 1.72 bits per heavy atom. The van der Waals surface area contributed by atoms with Crippen LogP contribution >= 0.6 is 0 Å². The Kier molecular flexibility index (Phi) is 7.20. The van der Waals surface area contributed by atoms with Gasteiger partial charge in [0.25, 0.3) is 5.56 Å². The van der Waals surface area contributed by atoms with E-state index in [0.29, 0.717) is 37.9 Å². The summed E-state index contributed by atoms with van der Waals surface area (Å²) in [5.74, 6) is -0.00359. The van der Waals surface area contributed by atoms with Crippen LogP contribution in [0.3, 0.4) is 0 Å². The number of amides is 2. The zero-order valence-corrected chi connectivity index (χ0v) is 21.8. The number of piperidine rings is 1. The molecule has 7 heteroatoms. The van der Waals surface area contributed by atoms with E-state index in [-0.39, 0.29) is 23.5 Å². The lowest BCUT2D eigenvalue weighted by molar-refractivity contribution is -0.136. The van der Waals surface area contributed by atoms with Crippen molar-refractivity contribution in [3.05, 3.63) is 70.0 Å². The summed E-state index contributed by atoms with van der Waals surface area (Å²) in [4.78, 5) is 44.3. The molecule has 2 amide bonds. The van der Waals surface area contributed by atoms with Gasteiger partial charge in [0.1, 0.15) is 5.60 Å². The summed E-state index contributed by atoms with van der Waals surface area (Å²) in [5, 5.41) is 1.64. The van der Waals surface area contributed by atoms with Crippen molar-refractivity contribution in [2.75, 3.05) is 20.1 Å². The van der Waals surface area contributed by atoms with Crippen molar-refractivity contribution in [1.29, 1.82) is 0 Å². The van der Waals surface area contributed by atoms with E-state index in [9.17, 15) is 14.4 Å². The molecule has 7 nitrogen and oxygen atoms in total. The molecule has 4 rings (SSSR count). The number of benzene rings is 2. The maximum atomic E-state index is 13.0. The second-order valence-electron chi connectivity index (χ2n) is 10.7. The minimum Gasteiger partial charge on any atom is -0.444 e. The number of pyridine rings is 1. The Hall–Kier alpha value is -3.61. The number of fused-ring (bicyclic) bond motifs is 1. The second-order valence-corrected chi connectivity index (χ2v) is 10.7. The molecule has 1 N–H and O–H groups in total. The lowest BCUT2D eigenvalue weighted by Gasteiger charge is -2.34. The van der Waals surface area contributed by atoms with E-state index in [2.05, 4.69) is 4.98 Å². The molecule has 2 aromatic carbocycles. The van der Waals surface area contributed by atoms with Crippen molar-refractivity contribution in [3.63, 3.8) is 0 Å². The average molecular weight is 490 g/mol. The van der Waals surface area contributed by atoms with Crippen molar-refractivity contribution in [3.8, 4) is 11.3 Å². The van der Waals surface area contributed by atoms with Gasteiger partial charge >= 0.3 is 6.09 Å². The molecule has 190 valence electrons. The molecule has 3 aromatic rings. The Labute approximate surface area is 212 Å². The van der Waals surface area contributed by atoms with Gasteiger partial charge in [-0.2, -0.15) is 0 Å². The van der Waals surface area contributed by atoms with Crippen molar-refractivity contribution < 1.29 is 14.3 Å². The minimum absolute atomic E-state index is 0.0947. The number of carbonyl (C=O) groups excluding carboxylic acids is 2. The number of nitrogens with one attached hydrogen (secondary N) is 1. The van der Waals surface area contributed by atoms with Gasteiger partial charge in [-0.05, 0) is 74.7 Å². The first-order chi connectivity index (χ1) is 17.0. The van der Waals surface area contributed by atoms with Gasteiger partial charge in [-0.15, -0.1) is 0 Å². The number of aromatic nitrogens is 1. The molecular formula is C29H35N3O4. The van der Waals surface area contributed by atoms with E-state index in [0.717, 1.165) is 27.8 Å². The van der Waals surface area contributed by atoms with Crippen molar-refractivity contribution >= 4 is 22.8 Å². The first kappa shape index (κ1) is 25.5. The van der Waals surface area contributed by atoms with Gasteiger partial charge in [-0.25, -0.2) is 4.79 Å². The van der Waals surface area contributed by atoms with Crippen molar-refractivity contribution in [1.82, 2.24) is 14.8 Å². The Morgan fingerprint density at radius 3 is 2.36 bits per heavy atom. The predicted molar refractivity (Wildman–Crippen MR) is 142 cm³/mol. The summed E-state index contributed by atoms with van der Waals surface area (Å²) in [6, 6.07) is 15.7. The molecule has 1 saturated heterocycles. The smallest absolute Gasteiger partial charge is 0.410 e. The molecule has 0 bridgehead atoms. The number of H-pyrrole nitrogens is 1. The first-order valence-electron chi connectivity index (χ1n) is 12.5. The number of nitrogens with zero attached hydrogens (tertiary/aromatic N) is 2. The summed E-state index contributed by atoms with van der Waals surface area (Å²) in [5.41, 5.74) is 3.15. The Bertz CT molecular complexity index is 1310. The molecular weight excluding hydrogens is 454 g/mol. The van der Waals surface area contributed by atoms with Crippen LogP contribution in [0.1, 0.15) is 44.7 Å². The number of hydrogen-bond acceptors (Lipinski definition) is 4. The summed E-state index contributed by atoms with van der Waals surface area (Å²) in [7, 11) is 1.82. The Balaban J connectivity index is 1.37. The molecule has 2 heterocycles. The third-order valence-corrected chi connectivity index (χ3v) is 6.66. The van der Waals surface area contributed by atoms with Crippen LogP contribution in [0.2, 0.25) is 0 Å². The quantitative estimate of drug-likeness (QED) is 0.552. The molecule has 1 aromatic heterocycles. The van der Waals surface area contributed by atoms with Crippen LogP contribution in [-0.4, -0.2) is 52.5 Å². The van der Waals surface area contributed by atoms with E-state index in [1.165, 1.54) is 0 Å². The van der Waals surface area contributed by atoms with Crippen molar-refractivity contribution in [2.24, 2.45) is 5.92 Å². The van der Waals surface area contributed by atoms with E-state index >= 15 is 0 Å². The molecule has 1 aliphatic rings. The highest BCUT2D eigenvalue weighted by Gasteiger charge is 2.31. The van der Waals surface area contributed by atoms with Crippen molar-refractivity contribution in [2.45, 2.75) is 52.7 Å². The maximum Gasteiger partial charge on any atom is 0.410 e. The standard InChI is InChI=1S/C29H35N3O4/c1-19-7-6-8-23-24(19)17-25(30-26(23)33)21-11-9-20(10-12-21)18-31(5)27(34)22-13-15-32(16-14-22)28(35)36-29(2,3)4/h6-12,17,22H,13-16,18H2,1-5H3,(H,30,33). The summed E-state index contributed by atoms with van der Waals surface area (Å²) in [6.07, 6.45) is 0.955. The molecule has 0 atom stereocenters. The lowest BCUT2D eigenvalue weighted by Crippen LogP contribution is -2.45. The van der Waals surface area contributed by atoms with Gasteiger partial charge in [-0.3, -0.25) is 9.59 Å². The van der Waals surface area contributed by atoms with Gasteiger partial charge < -0.3 is 19.5 Å². The fourth-order valence-electron chi connectivity index (χ4n) is 4.68. The molecule has 0 saturated carbocycles. The molecule has 0 aliphatic carbocycles. The lowest BCUT2D eigenvalue weighted by atomic mass is 9.95. The van der Waals surface area contributed by atoms with Gasteiger partial charge in [0.15, 0.2) is 0 Å². The topological polar surface area (TPSA) is 82.7 Å². The largest absolute Gasteiger partial charge is 0.444 e. The molecule has 1 aliphatic heterocycles. The summed E-state index contributed by atoms with van der Waals surface area (Å²) in [6.45, 7) is 9.11. The van der Waals surface area contributed by atoms with Gasteiger partial charge in [0.05, 0.1) is 0 Å². The monoisotopic (exact) mass is 489 g/mol. The van der Waals surface area contributed by atoms with Crippen LogP contribution in [0.4, 0.5) is 4.79 Å².